The van der Waals surface area contributed by atoms with Gasteiger partial charge in [0, 0.05) is 17.0 Å². The zero-order valence-electron chi connectivity index (χ0n) is 16.7. The van der Waals surface area contributed by atoms with E-state index in [0.29, 0.717) is 23.5 Å². The molecule has 3 aromatic rings. The average molecular weight is 413 g/mol. The lowest BCUT2D eigenvalue weighted by molar-refractivity contribution is -0.115. The van der Waals surface area contributed by atoms with Crippen molar-refractivity contribution in [1.82, 2.24) is 14.8 Å². The van der Waals surface area contributed by atoms with Crippen LogP contribution in [0, 0.1) is 5.92 Å². The van der Waals surface area contributed by atoms with Crippen LogP contribution in [-0.2, 0) is 11.2 Å². The summed E-state index contributed by atoms with van der Waals surface area (Å²) in [7, 11) is 3.21. The molecule has 2 aromatic heterocycles. The van der Waals surface area contributed by atoms with E-state index < -0.39 is 0 Å². The highest BCUT2D eigenvalue weighted by atomic mass is 32.1. The number of anilines is 1. The number of benzene rings is 1. The Kier molecular flexibility index (Phi) is 5.53. The third-order valence-electron chi connectivity index (χ3n) is 5.15. The van der Waals surface area contributed by atoms with Crippen LogP contribution in [0.1, 0.15) is 31.5 Å². The molecule has 1 N–H and O–H groups in total. The van der Waals surface area contributed by atoms with Crippen molar-refractivity contribution in [3.63, 3.8) is 0 Å². The van der Waals surface area contributed by atoms with Crippen LogP contribution in [0.4, 0.5) is 5.82 Å². The molecule has 0 aliphatic heterocycles. The Morgan fingerprint density at radius 1 is 1.28 bits per heavy atom. The van der Waals surface area contributed by atoms with Crippen molar-refractivity contribution >= 4 is 23.1 Å². The van der Waals surface area contributed by atoms with Crippen molar-refractivity contribution < 1.29 is 14.3 Å². The summed E-state index contributed by atoms with van der Waals surface area (Å²) in [6.07, 6.45) is 4.40. The SMILES string of the molecule is COc1ccc(-c2nc(CC(=O)Nc3ccnn3C(C)C3CC3)cs2)cc1OC. The minimum absolute atomic E-state index is 0.0982. The predicted molar refractivity (Wildman–Crippen MR) is 113 cm³/mol. The molecule has 1 unspecified atom stereocenters. The Labute approximate surface area is 173 Å². The van der Waals surface area contributed by atoms with Crippen molar-refractivity contribution in [3.8, 4) is 22.1 Å². The molecule has 152 valence electrons. The molecule has 4 rings (SSSR count). The van der Waals surface area contributed by atoms with Crippen LogP contribution in [0.3, 0.4) is 0 Å². The second-order valence-electron chi connectivity index (χ2n) is 7.18. The van der Waals surface area contributed by atoms with Crippen LogP contribution in [0.15, 0.2) is 35.8 Å². The van der Waals surface area contributed by atoms with E-state index >= 15 is 0 Å². The second-order valence-corrected chi connectivity index (χ2v) is 8.04. The minimum Gasteiger partial charge on any atom is -0.493 e. The second kappa shape index (κ2) is 8.24. The molecule has 1 aliphatic carbocycles. The van der Waals surface area contributed by atoms with Crippen LogP contribution < -0.4 is 14.8 Å². The van der Waals surface area contributed by atoms with Gasteiger partial charge in [0.15, 0.2) is 11.5 Å². The summed E-state index contributed by atoms with van der Waals surface area (Å²) < 4.78 is 12.5. The molecular formula is C21H24N4O3S. The van der Waals surface area contributed by atoms with Crippen LogP contribution in [0.25, 0.3) is 10.6 Å². The number of aromatic nitrogens is 3. The van der Waals surface area contributed by atoms with E-state index in [-0.39, 0.29) is 12.3 Å². The molecule has 8 heteroatoms. The number of thiazole rings is 1. The van der Waals surface area contributed by atoms with E-state index in [1.807, 2.05) is 34.3 Å². The molecule has 1 saturated carbocycles. The first-order valence-electron chi connectivity index (χ1n) is 9.59. The summed E-state index contributed by atoms with van der Waals surface area (Å²) in [5.41, 5.74) is 1.66. The largest absolute Gasteiger partial charge is 0.493 e. The molecule has 0 radical (unpaired) electrons. The Balaban J connectivity index is 1.43. The third-order valence-corrected chi connectivity index (χ3v) is 6.09. The van der Waals surface area contributed by atoms with Crippen LogP contribution in [0.2, 0.25) is 0 Å². The van der Waals surface area contributed by atoms with Gasteiger partial charge in [-0.15, -0.1) is 11.3 Å². The number of nitrogens with one attached hydrogen (secondary N) is 1. The molecule has 1 amide bonds. The topological polar surface area (TPSA) is 78.3 Å². The fourth-order valence-corrected chi connectivity index (χ4v) is 4.17. The van der Waals surface area contributed by atoms with Gasteiger partial charge < -0.3 is 14.8 Å². The smallest absolute Gasteiger partial charge is 0.231 e. The summed E-state index contributed by atoms with van der Waals surface area (Å²) in [5, 5.41) is 10.1. The molecule has 0 spiro atoms. The van der Waals surface area contributed by atoms with Gasteiger partial charge in [0.2, 0.25) is 5.91 Å². The lowest BCUT2D eigenvalue weighted by atomic mass is 10.2. The Bertz CT molecular complexity index is 1010. The first-order chi connectivity index (χ1) is 14.1. The molecular weight excluding hydrogens is 388 g/mol. The maximum absolute atomic E-state index is 12.5. The average Bonchev–Trinajstić information content (AvgIpc) is 3.32. The van der Waals surface area contributed by atoms with Crippen LogP contribution in [-0.4, -0.2) is 34.9 Å². The maximum Gasteiger partial charge on any atom is 0.231 e. The number of carbonyl (C=O) groups is 1. The molecule has 0 saturated heterocycles. The van der Waals surface area contributed by atoms with Crippen LogP contribution >= 0.6 is 11.3 Å². The van der Waals surface area contributed by atoms with Gasteiger partial charge in [0.25, 0.3) is 0 Å². The van der Waals surface area contributed by atoms with E-state index in [1.54, 1.807) is 20.4 Å². The molecule has 1 atom stereocenters. The fraction of sp³-hybridized carbons (Fsp3) is 0.381. The lowest BCUT2D eigenvalue weighted by Crippen LogP contribution is -2.19. The van der Waals surface area contributed by atoms with Gasteiger partial charge in [-0.25, -0.2) is 9.67 Å². The highest BCUT2D eigenvalue weighted by molar-refractivity contribution is 7.13. The zero-order chi connectivity index (χ0) is 20.4. The van der Waals surface area contributed by atoms with E-state index in [1.165, 1.54) is 24.2 Å². The Morgan fingerprint density at radius 2 is 2.07 bits per heavy atom. The number of ether oxygens (including phenoxy) is 2. The van der Waals surface area contributed by atoms with Gasteiger partial charge in [-0.3, -0.25) is 4.79 Å². The molecule has 7 nitrogen and oxygen atoms in total. The van der Waals surface area contributed by atoms with Crippen molar-refractivity contribution in [2.45, 2.75) is 32.2 Å². The maximum atomic E-state index is 12.5. The van der Waals surface area contributed by atoms with Crippen LogP contribution in [0.5, 0.6) is 11.5 Å². The van der Waals surface area contributed by atoms with Crippen molar-refractivity contribution in [1.29, 1.82) is 0 Å². The van der Waals surface area contributed by atoms with Gasteiger partial charge in [0.1, 0.15) is 10.8 Å². The highest BCUT2D eigenvalue weighted by Gasteiger charge is 2.30. The van der Waals surface area contributed by atoms with Crippen molar-refractivity contribution in [3.05, 3.63) is 41.5 Å². The fourth-order valence-electron chi connectivity index (χ4n) is 3.36. The quantitative estimate of drug-likeness (QED) is 0.601. The summed E-state index contributed by atoms with van der Waals surface area (Å²) in [4.78, 5) is 17.2. The van der Waals surface area contributed by atoms with E-state index in [0.717, 1.165) is 22.1 Å². The molecule has 0 bridgehead atoms. The number of nitrogens with zero attached hydrogens (tertiary/aromatic N) is 3. The molecule has 29 heavy (non-hydrogen) atoms. The van der Waals surface area contributed by atoms with Gasteiger partial charge in [-0.2, -0.15) is 5.10 Å². The highest BCUT2D eigenvalue weighted by Crippen LogP contribution is 2.40. The standard InChI is InChI=1S/C21H24N4O3S/c1-13(14-4-5-14)25-19(8-9-22-25)24-20(26)11-16-12-29-21(23-16)15-6-7-17(27-2)18(10-15)28-3/h6-10,12-14H,4-5,11H2,1-3H3,(H,24,26). The number of amides is 1. The minimum atomic E-state index is -0.0982. The summed E-state index contributed by atoms with van der Waals surface area (Å²) >= 11 is 1.50. The van der Waals surface area contributed by atoms with E-state index in [4.69, 9.17) is 9.47 Å². The third kappa shape index (κ3) is 4.27. The van der Waals surface area contributed by atoms with E-state index in [2.05, 4.69) is 22.3 Å². The molecule has 1 aliphatic rings. The summed E-state index contributed by atoms with van der Waals surface area (Å²) in [6.45, 7) is 2.15. The first kappa shape index (κ1) is 19.4. The zero-order valence-corrected chi connectivity index (χ0v) is 17.5. The monoisotopic (exact) mass is 412 g/mol. The Hall–Kier alpha value is -2.87. The number of rotatable bonds is 8. The summed E-state index contributed by atoms with van der Waals surface area (Å²) in [5.74, 6) is 2.62. The van der Waals surface area contributed by atoms with E-state index in [9.17, 15) is 4.79 Å². The lowest BCUT2D eigenvalue weighted by Gasteiger charge is -2.15. The predicted octanol–water partition coefficient (Wildman–Crippen LogP) is 4.18. The molecule has 2 heterocycles. The molecule has 1 aromatic carbocycles. The van der Waals surface area contributed by atoms with Gasteiger partial charge in [-0.1, -0.05) is 0 Å². The normalized spacial score (nSPS) is 14.4. The van der Waals surface area contributed by atoms with Crippen molar-refractivity contribution in [2.75, 3.05) is 19.5 Å². The van der Waals surface area contributed by atoms with Gasteiger partial charge in [-0.05, 0) is 43.9 Å². The van der Waals surface area contributed by atoms with Gasteiger partial charge >= 0.3 is 0 Å². The van der Waals surface area contributed by atoms with Crippen molar-refractivity contribution in [2.24, 2.45) is 5.92 Å². The Morgan fingerprint density at radius 3 is 2.79 bits per heavy atom. The van der Waals surface area contributed by atoms with Gasteiger partial charge in [0.05, 0.1) is 38.6 Å². The number of methoxy groups -OCH3 is 2. The number of hydrogen-bond acceptors (Lipinski definition) is 6. The summed E-state index contributed by atoms with van der Waals surface area (Å²) in [6, 6.07) is 7.81. The first-order valence-corrected chi connectivity index (χ1v) is 10.5. The molecule has 1 fully saturated rings. The number of carbonyl (C=O) groups excluding carboxylic acids is 1. The number of hydrogen-bond donors (Lipinski definition) is 1.